The molecular weight excluding hydrogens is 288 g/mol. The summed E-state index contributed by atoms with van der Waals surface area (Å²) in [6.07, 6.45) is 8.25. The Morgan fingerprint density at radius 3 is 2.30 bits per heavy atom. The fourth-order valence-electron chi connectivity index (χ4n) is 3.53. The highest BCUT2D eigenvalue weighted by Gasteiger charge is 2.25. The Morgan fingerprint density at radius 1 is 0.957 bits per heavy atom. The first-order valence-electron chi connectivity index (χ1n) is 8.68. The second-order valence-electron chi connectivity index (χ2n) is 6.42. The highest BCUT2D eigenvalue weighted by molar-refractivity contribution is 5.38. The monoisotopic (exact) mass is 314 g/mol. The normalized spacial score (nSPS) is 20.9. The van der Waals surface area contributed by atoms with Crippen molar-refractivity contribution in [3.05, 3.63) is 47.7 Å². The Morgan fingerprint density at radius 2 is 1.65 bits per heavy atom. The fourth-order valence-corrected chi connectivity index (χ4v) is 3.53. The first-order valence-corrected chi connectivity index (χ1v) is 8.68. The van der Waals surface area contributed by atoms with Crippen molar-refractivity contribution in [2.24, 2.45) is 0 Å². The van der Waals surface area contributed by atoms with Gasteiger partial charge in [0, 0.05) is 31.7 Å². The molecule has 0 amide bonds. The molecule has 1 aromatic carbocycles. The van der Waals surface area contributed by atoms with Crippen LogP contribution >= 0.6 is 0 Å². The number of nitrogens with zero attached hydrogens (tertiary/aromatic N) is 2. The number of carbonyl (C=O) groups is 1. The largest absolute Gasteiger partial charge is 0.444 e. The molecule has 0 aromatic heterocycles. The lowest BCUT2D eigenvalue weighted by molar-refractivity contribution is -0.144. The molecule has 0 bridgehead atoms. The lowest BCUT2D eigenvalue weighted by Crippen LogP contribution is -2.36. The summed E-state index contributed by atoms with van der Waals surface area (Å²) in [5, 5.41) is 0. The van der Waals surface area contributed by atoms with E-state index in [2.05, 4.69) is 16.0 Å². The molecule has 2 heterocycles. The molecule has 2 aliphatic heterocycles. The van der Waals surface area contributed by atoms with Crippen LogP contribution in [0.2, 0.25) is 0 Å². The molecule has 2 fully saturated rings. The standard InChI is InChI=1S/C19H26N2O2/c22-16-23-19(18-7-3-1-4-8-18)21-13-9-17(10-14-21)15-20-11-5-2-6-12-20/h1,3-4,7-8,15-16,19H,2,5-6,9-14H2. The minimum Gasteiger partial charge on any atom is -0.444 e. The first kappa shape index (κ1) is 16.1. The fraction of sp³-hybridized carbons (Fsp3) is 0.526. The van der Waals surface area contributed by atoms with Crippen LogP contribution in [-0.4, -0.2) is 42.5 Å². The Kier molecular flexibility index (Phi) is 5.70. The topological polar surface area (TPSA) is 32.8 Å². The summed E-state index contributed by atoms with van der Waals surface area (Å²) in [6.45, 7) is 4.85. The molecule has 0 N–H and O–H groups in total. The molecule has 0 aliphatic carbocycles. The average Bonchev–Trinajstić information content (AvgIpc) is 2.62. The van der Waals surface area contributed by atoms with Crippen molar-refractivity contribution in [1.82, 2.24) is 9.80 Å². The third-order valence-corrected chi connectivity index (χ3v) is 4.80. The van der Waals surface area contributed by atoms with Crippen LogP contribution in [0.4, 0.5) is 0 Å². The molecule has 4 nitrogen and oxygen atoms in total. The number of ether oxygens (including phenoxy) is 1. The highest BCUT2D eigenvalue weighted by atomic mass is 16.5. The van der Waals surface area contributed by atoms with E-state index < -0.39 is 0 Å². The van der Waals surface area contributed by atoms with Crippen molar-refractivity contribution in [2.75, 3.05) is 26.2 Å². The van der Waals surface area contributed by atoms with Crippen molar-refractivity contribution in [3.63, 3.8) is 0 Å². The molecule has 1 atom stereocenters. The van der Waals surface area contributed by atoms with E-state index in [1.165, 1.54) is 37.9 Å². The summed E-state index contributed by atoms with van der Waals surface area (Å²) in [7, 11) is 0. The number of piperidine rings is 2. The minimum atomic E-state index is -0.259. The van der Waals surface area contributed by atoms with Gasteiger partial charge in [-0.1, -0.05) is 35.9 Å². The second-order valence-corrected chi connectivity index (χ2v) is 6.42. The van der Waals surface area contributed by atoms with E-state index in [1.807, 2.05) is 30.3 Å². The van der Waals surface area contributed by atoms with Crippen molar-refractivity contribution in [3.8, 4) is 0 Å². The molecule has 1 unspecified atom stereocenters. The summed E-state index contributed by atoms with van der Waals surface area (Å²) in [4.78, 5) is 15.6. The molecule has 3 rings (SSSR count). The third-order valence-electron chi connectivity index (χ3n) is 4.80. The van der Waals surface area contributed by atoms with Gasteiger partial charge in [0.2, 0.25) is 0 Å². The molecular formula is C19H26N2O2. The Balaban J connectivity index is 1.60. The van der Waals surface area contributed by atoms with Crippen LogP contribution in [0.3, 0.4) is 0 Å². The van der Waals surface area contributed by atoms with Gasteiger partial charge in [-0.25, -0.2) is 0 Å². The Labute approximate surface area is 138 Å². The molecule has 0 radical (unpaired) electrons. The van der Waals surface area contributed by atoms with E-state index in [9.17, 15) is 4.79 Å². The predicted octanol–water partition coefficient (Wildman–Crippen LogP) is 3.32. The summed E-state index contributed by atoms with van der Waals surface area (Å²) in [5.74, 6) is 0. The number of rotatable bonds is 5. The van der Waals surface area contributed by atoms with Gasteiger partial charge in [-0.3, -0.25) is 9.69 Å². The van der Waals surface area contributed by atoms with E-state index in [0.29, 0.717) is 6.47 Å². The molecule has 1 aromatic rings. The van der Waals surface area contributed by atoms with Gasteiger partial charge in [-0.15, -0.1) is 0 Å². The third kappa shape index (κ3) is 4.35. The Hall–Kier alpha value is -1.81. The molecule has 2 saturated heterocycles. The van der Waals surface area contributed by atoms with Gasteiger partial charge in [-0.2, -0.15) is 0 Å². The molecule has 2 aliphatic rings. The lowest BCUT2D eigenvalue weighted by Gasteiger charge is -2.35. The van der Waals surface area contributed by atoms with Gasteiger partial charge in [0.05, 0.1) is 0 Å². The number of hydrogen-bond acceptors (Lipinski definition) is 4. The quantitative estimate of drug-likeness (QED) is 0.781. The van der Waals surface area contributed by atoms with Crippen LogP contribution < -0.4 is 0 Å². The van der Waals surface area contributed by atoms with Crippen LogP contribution in [0.1, 0.15) is 43.9 Å². The van der Waals surface area contributed by atoms with Crippen LogP contribution in [0.15, 0.2) is 42.1 Å². The van der Waals surface area contributed by atoms with E-state index in [1.54, 1.807) is 0 Å². The number of carbonyl (C=O) groups excluding carboxylic acids is 1. The van der Waals surface area contributed by atoms with Crippen LogP contribution in [0.5, 0.6) is 0 Å². The van der Waals surface area contributed by atoms with Crippen LogP contribution in [0, 0.1) is 0 Å². The van der Waals surface area contributed by atoms with Crippen LogP contribution in [-0.2, 0) is 9.53 Å². The van der Waals surface area contributed by atoms with Crippen molar-refractivity contribution < 1.29 is 9.53 Å². The summed E-state index contributed by atoms with van der Waals surface area (Å²) >= 11 is 0. The maximum absolute atomic E-state index is 10.9. The predicted molar refractivity (Wildman–Crippen MR) is 90.6 cm³/mol. The van der Waals surface area contributed by atoms with Gasteiger partial charge in [-0.05, 0) is 38.3 Å². The number of benzene rings is 1. The Bertz CT molecular complexity index is 513. The van der Waals surface area contributed by atoms with E-state index in [4.69, 9.17) is 4.74 Å². The molecule has 0 spiro atoms. The zero-order valence-electron chi connectivity index (χ0n) is 13.7. The first-order chi connectivity index (χ1) is 11.4. The van der Waals surface area contributed by atoms with Gasteiger partial charge in [0.1, 0.15) is 0 Å². The second kappa shape index (κ2) is 8.16. The highest BCUT2D eigenvalue weighted by Crippen LogP contribution is 2.27. The summed E-state index contributed by atoms with van der Waals surface area (Å²) in [5.41, 5.74) is 2.57. The smallest absolute Gasteiger partial charge is 0.294 e. The van der Waals surface area contributed by atoms with Gasteiger partial charge >= 0.3 is 0 Å². The van der Waals surface area contributed by atoms with Crippen molar-refractivity contribution in [2.45, 2.75) is 38.3 Å². The van der Waals surface area contributed by atoms with Gasteiger partial charge in [0.15, 0.2) is 6.23 Å². The zero-order chi connectivity index (χ0) is 15.9. The van der Waals surface area contributed by atoms with E-state index in [0.717, 1.165) is 31.5 Å². The molecule has 0 saturated carbocycles. The van der Waals surface area contributed by atoms with Crippen molar-refractivity contribution >= 4 is 6.47 Å². The van der Waals surface area contributed by atoms with E-state index in [-0.39, 0.29) is 6.23 Å². The van der Waals surface area contributed by atoms with Gasteiger partial charge in [0.25, 0.3) is 6.47 Å². The minimum absolute atomic E-state index is 0.259. The van der Waals surface area contributed by atoms with Crippen molar-refractivity contribution in [1.29, 1.82) is 0 Å². The SMILES string of the molecule is O=COC(c1ccccc1)N1CCC(=CN2CCCCC2)CC1. The van der Waals surface area contributed by atoms with E-state index >= 15 is 0 Å². The summed E-state index contributed by atoms with van der Waals surface area (Å²) in [6, 6.07) is 10.0. The molecule has 124 valence electrons. The number of hydrogen-bond donors (Lipinski definition) is 0. The summed E-state index contributed by atoms with van der Waals surface area (Å²) < 4.78 is 5.37. The molecule has 23 heavy (non-hydrogen) atoms. The zero-order valence-corrected chi connectivity index (χ0v) is 13.7. The average molecular weight is 314 g/mol. The lowest BCUT2D eigenvalue weighted by atomic mass is 10.0. The van der Waals surface area contributed by atoms with Gasteiger partial charge < -0.3 is 9.64 Å². The molecule has 4 heteroatoms. The number of likely N-dealkylation sites (tertiary alicyclic amines) is 2. The maximum atomic E-state index is 10.9. The maximum Gasteiger partial charge on any atom is 0.294 e. The van der Waals surface area contributed by atoms with Crippen LogP contribution in [0.25, 0.3) is 0 Å².